The zero-order valence-electron chi connectivity index (χ0n) is 17.6. The van der Waals surface area contributed by atoms with Gasteiger partial charge in [-0.1, -0.05) is 36.4 Å². The number of hydrogen-bond donors (Lipinski definition) is 1. The van der Waals surface area contributed by atoms with Crippen LogP contribution in [0.2, 0.25) is 0 Å². The first-order valence-electron chi connectivity index (χ1n) is 10.1. The minimum Gasteiger partial charge on any atom is -0.344 e. The number of hydrogen-bond acceptors (Lipinski definition) is 4. The van der Waals surface area contributed by atoms with E-state index in [-0.39, 0.29) is 12.6 Å². The molecule has 1 aromatic heterocycles. The van der Waals surface area contributed by atoms with Gasteiger partial charge in [0.25, 0.3) is 11.1 Å². The summed E-state index contributed by atoms with van der Waals surface area (Å²) in [4.78, 5) is 39.1. The lowest BCUT2D eigenvalue weighted by Gasteiger charge is -2.13. The highest BCUT2D eigenvalue weighted by molar-refractivity contribution is 8.18. The first-order valence-corrected chi connectivity index (χ1v) is 10.9. The van der Waals surface area contributed by atoms with Crippen LogP contribution in [0.3, 0.4) is 0 Å². The molecule has 7 heteroatoms. The van der Waals surface area contributed by atoms with Gasteiger partial charge in [0.05, 0.1) is 4.91 Å². The number of carbonyl (C=O) groups is 3. The van der Waals surface area contributed by atoms with Crippen LogP contribution in [0, 0.1) is 6.92 Å². The molecular weight excluding hydrogens is 410 g/mol. The zero-order chi connectivity index (χ0) is 22.1. The van der Waals surface area contributed by atoms with E-state index in [9.17, 15) is 14.4 Å². The molecule has 1 aliphatic heterocycles. The molecule has 1 fully saturated rings. The molecule has 0 aliphatic carbocycles. The van der Waals surface area contributed by atoms with E-state index in [1.165, 1.54) is 0 Å². The predicted octanol–water partition coefficient (Wildman–Crippen LogP) is 5.21. The van der Waals surface area contributed by atoms with E-state index < -0.39 is 17.1 Å². The van der Waals surface area contributed by atoms with Crippen molar-refractivity contribution in [3.63, 3.8) is 0 Å². The molecule has 158 valence electrons. The fraction of sp³-hybridized carbons (Fsp3) is 0.208. The Morgan fingerprint density at radius 3 is 2.55 bits per heavy atom. The summed E-state index contributed by atoms with van der Waals surface area (Å²) in [6, 6.07) is 15.6. The molecule has 0 unspecified atom stereocenters. The molecule has 1 aliphatic rings. The number of nitrogens with zero attached hydrogens (tertiary/aromatic N) is 2. The summed E-state index contributed by atoms with van der Waals surface area (Å²) in [6.07, 6.45) is 3.74. The van der Waals surface area contributed by atoms with E-state index in [2.05, 4.69) is 23.7 Å². The molecule has 0 radical (unpaired) electrons. The summed E-state index contributed by atoms with van der Waals surface area (Å²) in [5.74, 6) is -0.856. The maximum Gasteiger partial charge on any atom is 0.294 e. The molecule has 2 heterocycles. The number of fused-ring (bicyclic) bond motifs is 1. The Kier molecular flexibility index (Phi) is 5.69. The second-order valence-electron chi connectivity index (χ2n) is 7.73. The molecule has 3 amide bonds. The Morgan fingerprint density at radius 2 is 1.81 bits per heavy atom. The van der Waals surface area contributed by atoms with Crippen LogP contribution in [0.5, 0.6) is 0 Å². The van der Waals surface area contributed by atoms with Crippen LogP contribution >= 0.6 is 11.8 Å². The van der Waals surface area contributed by atoms with Crippen molar-refractivity contribution in [2.75, 3.05) is 11.9 Å². The lowest BCUT2D eigenvalue weighted by atomic mass is 10.1. The lowest BCUT2D eigenvalue weighted by Crippen LogP contribution is -2.36. The van der Waals surface area contributed by atoms with E-state index in [1.54, 1.807) is 12.1 Å². The topological polar surface area (TPSA) is 71.4 Å². The summed E-state index contributed by atoms with van der Waals surface area (Å²) < 4.78 is 2.14. The van der Waals surface area contributed by atoms with Gasteiger partial charge in [0.15, 0.2) is 0 Å². The predicted molar refractivity (Wildman–Crippen MR) is 125 cm³/mol. The number of anilines is 1. The van der Waals surface area contributed by atoms with Crippen molar-refractivity contribution in [1.82, 2.24) is 9.47 Å². The summed E-state index contributed by atoms with van der Waals surface area (Å²) >= 11 is 0.864. The zero-order valence-corrected chi connectivity index (χ0v) is 18.4. The Morgan fingerprint density at radius 1 is 1.10 bits per heavy atom. The Labute approximate surface area is 184 Å². The largest absolute Gasteiger partial charge is 0.344 e. The van der Waals surface area contributed by atoms with Crippen molar-refractivity contribution in [1.29, 1.82) is 0 Å². The Hall–Kier alpha value is -3.32. The first-order chi connectivity index (χ1) is 14.8. The fourth-order valence-electron chi connectivity index (χ4n) is 3.60. The highest BCUT2D eigenvalue weighted by atomic mass is 32.2. The minimum absolute atomic E-state index is 0.257. The highest BCUT2D eigenvalue weighted by Crippen LogP contribution is 2.34. The molecule has 0 saturated carbocycles. The molecule has 1 saturated heterocycles. The number of amides is 3. The van der Waals surface area contributed by atoms with E-state index in [0.29, 0.717) is 10.6 Å². The second-order valence-corrected chi connectivity index (χ2v) is 8.73. The van der Waals surface area contributed by atoms with Gasteiger partial charge in [-0.25, -0.2) is 0 Å². The maximum atomic E-state index is 12.9. The summed E-state index contributed by atoms with van der Waals surface area (Å²) in [6.45, 7) is 5.75. The van der Waals surface area contributed by atoms with Crippen LogP contribution in [0.15, 0.2) is 59.6 Å². The van der Waals surface area contributed by atoms with Crippen LogP contribution in [0.1, 0.15) is 31.0 Å². The van der Waals surface area contributed by atoms with E-state index in [1.807, 2.05) is 55.6 Å². The number of benzene rings is 2. The third-order valence-electron chi connectivity index (χ3n) is 5.21. The molecule has 0 spiro atoms. The molecule has 3 aromatic rings. The highest BCUT2D eigenvalue weighted by Gasteiger charge is 2.36. The number of rotatable bonds is 5. The standard InChI is InChI=1S/C24H23N3O3S/c1-15(2)26-13-17(18-9-5-7-11-20(18)26)12-21-23(29)27(24(30)31-21)14-22(28)25-19-10-6-4-8-16(19)3/h4-13,15H,14H2,1-3H3,(H,25,28)/b21-12-. The first kappa shape index (κ1) is 20.9. The van der Waals surface area contributed by atoms with Gasteiger partial charge < -0.3 is 9.88 Å². The number of aromatic nitrogens is 1. The molecule has 0 bridgehead atoms. The van der Waals surface area contributed by atoms with Crippen molar-refractivity contribution >= 4 is 51.5 Å². The van der Waals surface area contributed by atoms with E-state index >= 15 is 0 Å². The maximum absolute atomic E-state index is 12.9. The summed E-state index contributed by atoms with van der Waals surface area (Å²) in [5.41, 5.74) is 3.52. The van der Waals surface area contributed by atoms with Crippen molar-refractivity contribution in [2.24, 2.45) is 0 Å². The van der Waals surface area contributed by atoms with Gasteiger partial charge in [-0.05, 0) is 56.3 Å². The van der Waals surface area contributed by atoms with Crippen molar-refractivity contribution in [2.45, 2.75) is 26.8 Å². The van der Waals surface area contributed by atoms with Crippen LogP contribution < -0.4 is 5.32 Å². The molecule has 0 atom stereocenters. The Bertz CT molecular complexity index is 1230. The van der Waals surface area contributed by atoms with Crippen LogP contribution in [-0.2, 0) is 9.59 Å². The average molecular weight is 434 g/mol. The fourth-order valence-corrected chi connectivity index (χ4v) is 4.43. The van der Waals surface area contributed by atoms with Crippen molar-refractivity contribution in [3.8, 4) is 0 Å². The smallest absolute Gasteiger partial charge is 0.294 e. The van der Waals surface area contributed by atoms with Gasteiger partial charge in [0, 0.05) is 34.4 Å². The average Bonchev–Trinajstić information content (AvgIpc) is 3.23. The normalized spacial score (nSPS) is 15.5. The van der Waals surface area contributed by atoms with Gasteiger partial charge in [0.1, 0.15) is 6.54 Å². The second kappa shape index (κ2) is 8.43. The van der Waals surface area contributed by atoms with Gasteiger partial charge in [0.2, 0.25) is 5.91 Å². The lowest BCUT2D eigenvalue weighted by molar-refractivity contribution is -0.127. The van der Waals surface area contributed by atoms with Crippen molar-refractivity contribution < 1.29 is 14.4 Å². The van der Waals surface area contributed by atoms with Crippen LogP contribution in [0.25, 0.3) is 17.0 Å². The number of nitrogens with one attached hydrogen (secondary N) is 1. The minimum atomic E-state index is -0.448. The number of aryl methyl sites for hydroxylation is 1. The number of thioether (sulfide) groups is 1. The third-order valence-corrected chi connectivity index (χ3v) is 6.12. The number of carbonyl (C=O) groups excluding carboxylic acids is 3. The quantitative estimate of drug-likeness (QED) is 0.561. The molecule has 4 rings (SSSR count). The van der Waals surface area contributed by atoms with Crippen LogP contribution in [-0.4, -0.2) is 33.1 Å². The monoisotopic (exact) mass is 433 g/mol. The van der Waals surface area contributed by atoms with E-state index in [0.717, 1.165) is 38.7 Å². The SMILES string of the molecule is Cc1ccccc1NC(=O)CN1C(=O)S/C(=C\c2cn(C(C)C)c3ccccc23)C1=O. The van der Waals surface area contributed by atoms with Gasteiger partial charge in [-0.3, -0.25) is 19.3 Å². The molecule has 6 nitrogen and oxygen atoms in total. The molecule has 31 heavy (non-hydrogen) atoms. The summed E-state index contributed by atoms with van der Waals surface area (Å²) in [5, 5.41) is 3.34. The number of para-hydroxylation sites is 2. The molecule has 1 N–H and O–H groups in total. The Balaban J connectivity index is 1.56. The third kappa shape index (κ3) is 4.14. The summed E-state index contributed by atoms with van der Waals surface area (Å²) in [7, 11) is 0. The van der Waals surface area contributed by atoms with Crippen molar-refractivity contribution in [3.05, 3.63) is 70.8 Å². The number of imide groups is 1. The van der Waals surface area contributed by atoms with Crippen LogP contribution in [0.4, 0.5) is 10.5 Å². The van der Waals surface area contributed by atoms with Gasteiger partial charge >= 0.3 is 0 Å². The molecular formula is C24H23N3O3S. The van der Waals surface area contributed by atoms with Gasteiger partial charge in [-0.2, -0.15) is 0 Å². The van der Waals surface area contributed by atoms with Gasteiger partial charge in [-0.15, -0.1) is 0 Å². The van der Waals surface area contributed by atoms with E-state index in [4.69, 9.17) is 0 Å². The molecule has 2 aromatic carbocycles.